The topological polar surface area (TPSA) is 68.5 Å². The minimum atomic E-state index is -0.175. The molecule has 7 heteroatoms. The quantitative estimate of drug-likeness (QED) is 0.699. The van der Waals surface area contributed by atoms with E-state index in [4.69, 9.17) is 20.9 Å². The van der Waals surface area contributed by atoms with Crippen molar-refractivity contribution >= 4 is 23.2 Å². The van der Waals surface area contributed by atoms with Gasteiger partial charge in [0.25, 0.3) is 5.91 Å². The molecule has 1 amide bonds. The van der Waals surface area contributed by atoms with Crippen LogP contribution in [0.15, 0.2) is 40.9 Å². The van der Waals surface area contributed by atoms with Crippen LogP contribution in [0.1, 0.15) is 17.0 Å². The molecule has 0 bridgehead atoms. The Bertz CT molecular complexity index is 999. The molecular weight excluding hydrogens is 354 g/mol. The minimum absolute atomic E-state index is 0.0501. The number of fused-ring (bicyclic) bond motifs is 1. The predicted molar refractivity (Wildman–Crippen MR) is 97.3 cm³/mol. The van der Waals surface area contributed by atoms with Gasteiger partial charge in [-0.15, -0.1) is 0 Å². The van der Waals surface area contributed by atoms with Gasteiger partial charge in [-0.25, -0.2) is 0 Å². The Kier molecular flexibility index (Phi) is 4.12. The third kappa shape index (κ3) is 3.04. The molecule has 132 valence electrons. The van der Waals surface area contributed by atoms with Gasteiger partial charge in [0.1, 0.15) is 12.3 Å². The first-order valence-electron chi connectivity index (χ1n) is 8.14. The molecule has 26 heavy (non-hydrogen) atoms. The van der Waals surface area contributed by atoms with E-state index in [1.807, 2.05) is 25.1 Å². The largest absolute Gasteiger partial charge is 0.482 e. The lowest BCUT2D eigenvalue weighted by atomic mass is 10.1. The fourth-order valence-corrected chi connectivity index (χ4v) is 2.97. The summed E-state index contributed by atoms with van der Waals surface area (Å²) in [7, 11) is 0. The van der Waals surface area contributed by atoms with E-state index in [0.29, 0.717) is 28.2 Å². The monoisotopic (exact) mass is 369 g/mol. The molecule has 6 nitrogen and oxygen atoms in total. The maximum absolute atomic E-state index is 12.3. The lowest BCUT2D eigenvalue weighted by Gasteiger charge is -2.28. The number of carbonyl (C=O) groups is 1. The van der Waals surface area contributed by atoms with Crippen LogP contribution in [-0.2, 0) is 11.3 Å². The molecule has 2 aromatic carbocycles. The van der Waals surface area contributed by atoms with E-state index in [-0.39, 0.29) is 19.1 Å². The number of rotatable bonds is 3. The first-order chi connectivity index (χ1) is 12.5. The Hall–Kier alpha value is -2.86. The lowest BCUT2D eigenvalue weighted by Crippen LogP contribution is -2.38. The normalized spacial score (nSPS) is 13.5. The molecule has 0 atom stereocenters. The number of ether oxygens (including phenoxy) is 1. The highest BCUT2D eigenvalue weighted by atomic mass is 35.5. The van der Waals surface area contributed by atoms with Crippen molar-refractivity contribution in [1.82, 2.24) is 10.1 Å². The molecule has 0 fully saturated rings. The highest BCUT2D eigenvalue weighted by molar-refractivity contribution is 6.30. The summed E-state index contributed by atoms with van der Waals surface area (Å²) in [5.41, 5.74) is 3.87. The minimum Gasteiger partial charge on any atom is -0.482 e. The Morgan fingerprint density at radius 1 is 1.15 bits per heavy atom. The van der Waals surface area contributed by atoms with Crippen molar-refractivity contribution in [3.05, 3.63) is 58.4 Å². The summed E-state index contributed by atoms with van der Waals surface area (Å²) < 4.78 is 10.8. The van der Waals surface area contributed by atoms with Gasteiger partial charge in [-0.1, -0.05) is 28.9 Å². The SMILES string of the molecule is Cc1ccc(-c2noc(CN3C(=O)COc4cc(Cl)ccc43)n2)cc1C. The van der Waals surface area contributed by atoms with Crippen molar-refractivity contribution < 1.29 is 14.1 Å². The first-order valence-corrected chi connectivity index (χ1v) is 8.52. The Balaban J connectivity index is 1.61. The molecule has 1 aliphatic rings. The molecule has 0 spiro atoms. The summed E-state index contributed by atoms with van der Waals surface area (Å²) in [4.78, 5) is 18.3. The first kappa shape index (κ1) is 16.6. The van der Waals surface area contributed by atoms with Crippen LogP contribution < -0.4 is 9.64 Å². The third-order valence-electron chi connectivity index (χ3n) is 4.39. The Labute approximate surface area is 155 Å². The number of benzene rings is 2. The highest BCUT2D eigenvalue weighted by Crippen LogP contribution is 2.35. The average Bonchev–Trinajstić information content (AvgIpc) is 3.08. The van der Waals surface area contributed by atoms with Crippen LogP contribution in [0.5, 0.6) is 5.75 Å². The number of anilines is 1. The fourth-order valence-electron chi connectivity index (χ4n) is 2.80. The predicted octanol–water partition coefficient (Wildman–Crippen LogP) is 3.93. The van der Waals surface area contributed by atoms with E-state index in [1.165, 1.54) is 5.56 Å². The van der Waals surface area contributed by atoms with Gasteiger partial charge >= 0.3 is 0 Å². The Morgan fingerprint density at radius 3 is 2.81 bits per heavy atom. The standard InChI is InChI=1S/C19H16ClN3O3/c1-11-3-4-13(7-12(11)2)19-21-17(26-22-19)9-23-15-6-5-14(20)8-16(15)25-10-18(23)24/h3-8H,9-10H2,1-2H3. The summed E-state index contributed by atoms with van der Waals surface area (Å²) >= 11 is 5.99. The van der Waals surface area contributed by atoms with E-state index in [2.05, 4.69) is 17.1 Å². The second-order valence-corrected chi connectivity index (χ2v) is 6.63. The van der Waals surface area contributed by atoms with Crippen LogP contribution in [-0.4, -0.2) is 22.7 Å². The van der Waals surface area contributed by atoms with Crippen LogP contribution in [0.4, 0.5) is 5.69 Å². The van der Waals surface area contributed by atoms with Gasteiger partial charge in [0.2, 0.25) is 11.7 Å². The summed E-state index contributed by atoms with van der Waals surface area (Å²) in [5.74, 6) is 1.24. The molecule has 2 heterocycles. The number of carbonyl (C=O) groups excluding carboxylic acids is 1. The van der Waals surface area contributed by atoms with Gasteiger partial charge < -0.3 is 9.26 Å². The molecule has 1 aliphatic heterocycles. The number of hydrogen-bond acceptors (Lipinski definition) is 5. The van der Waals surface area contributed by atoms with Crippen molar-refractivity contribution in [3.8, 4) is 17.1 Å². The van der Waals surface area contributed by atoms with Gasteiger partial charge in [-0.2, -0.15) is 4.98 Å². The smallest absolute Gasteiger partial charge is 0.265 e. The summed E-state index contributed by atoms with van der Waals surface area (Å²) in [6, 6.07) is 11.1. The lowest BCUT2D eigenvalue weighted by molar-refractivity contribution is -0.121. The van der Waals surface area contributed by atoms with Gasteiger partial charge in [-0.3, -0.25) is 9.69 Å². The number of halogens is 1. The number of amides is 1. The summed E-state index contributed by atoms with van der Waals surface area (Å²) in [5, 5.41) is 4.59. The molecular formula is C19H16ClN3O3. The van der Waals surface area contributed by atoms with E-state index in [1.54, 1.807) is 23.1 Å². The zero-order valence-corrected chi connectivity index (χ0v) is 15.1. The van der Waals surface area contributed by atoms with Crippen LogP contribution >= 0.6 is 11.6 Å². The number of aryl methyl sites for hydroxylation is 2. The zero-order chi connectivity index (χ0) is 18.3. The van der Waals surface area contributed by atoms with E-state index in [9.17, 15) is 4.79 Å². The molecule has 0 saturated heterocycles. The third-order valence-corrected chi connectivity index (χ3v) is 4.63. The average molecular weight is 370 g/mol. The second kappa shape index (κ2) is 6.46. The number of hydrogen-bond donors (Lipinski definition) is 0. The van der Waals surface area contributed by atoms with Gasteiger partial charge in [0.05, 0.1) is 5.69 Å². The van der Waals surface area contributed by atoms with E-state index < -0.39 is 0 Å². The van der Waals surface area contributed by atoms with Crippen molar-refractivity contribution in [1.29, 1.82) is 0 Å². The van der Waals surface area contributed by atoms with Crippen LogP contribution in [0.25, 0.3) is 11.4 Å². The number of aromatic nitrogens is 2. The molecule has 3 aromatic rings. The molecule has 4 rings (SSSR count). The van der Waals surface area contributed by atoms with Crippen LogP contribution in [0.3, 0.4) is 0 Å². The fraction of sp³-hybridized carbons (Fsp3) is 0.211. The summed E-state index contributed by atoms with van der Waals surface area (Å²) in [6.07, 6.45) is 0. The van der Waals surface area contributed by atoms with Crippen molar-refractivity contribution in [2.24, 2.45) is 0 Å². The molecule has 0 saturated carbocycles. The second-order valence-electron chi connectivity index (χ2n) is 6.19. The maximum atomic E-state index is 12.3. The van der Waals surface area contributed by atoms with Gasteiger partial charge in [0.15, 0.2) is 6.61 Å². The van der Waals surface area contributed by atoms with Gasteiger partial charge in [0, 0.05) is 16.7 Å². The molecule has 0 aliphatic carbocycles. The van der Waals surface area contributed by atoms with Crippen molar-refractivity contribution in [2.75, 3.05) is 11.5 Å². The molecule has 0 unspecified atom stereocenters. The molecule has 1 aromatic heterocycles. The Morgan fingerprint density at radius 2 is 2.00 bits per heavy atom. The summed E-state index contributed by atoms with van der Waals surface area (Å²) in [6.45, 7) is 4.21. The van der Waals surface area contributed by atoms with E-state index in [0.717, 1.165) is 11.1 Å². The van der Waals surface area contributed by atoms with Crippen molar-refractivity contribution in [3.63, 3.8) is 0 Å². The maximum Gasteiger partial charge on any atom is 0.265 e. The van der Waals surface area contributed by atoms with Crippen molar-refractivity contribution in [2.45, 2.75) is 20.4 Å². The van der Waals surface area contributed by atoms with E-state index >= 15 is 0 Å². The number of nitrogens with zero attached hydrogens (tertiary/aromatic N) is 3. The van der Waals surface area contributed by atoms with Gasteiger partial charge in [-0.05, 0) is 43.2 Å². The highest BCUT2D eigenvalue weighted by Gasteiger charge is 2.27. The molecule has 0 radical (unpaired) electrons. The van der Waals surface area contributed by atoms with Crippen LogP contribution in [0, 0.1) is 13.8 Å². The zero-order valence-electron chi connectivity index (χ0n) is 14.3. The van der Waals surface area contributed by atoms with Crippen LogP contribution in [0.2, 0.25) is 5.02 Å². The molecule has 0 N–H and O–H groups in total.